The molecule has 0 radical (unpaired) electrons. The van der Waals surface area contributed by atoms with Gasteiger partial charge in [-0.15, -0.1) is 16.4 Å². The maximum Gasteiger partial charge on any atom is 0.237 e. The van der Waals surface area contributed by atoms with E-state index in [4.69, 9.17) is 10.9 Å². The Bertz CT molecular complexity index is 331. The second-order valence-corrected chi connectivity index (χ2v) is 3.26. The Kier molecular flexibility index (Phi) is 3.41. The number of aryl methyl sites for hydroxylation is 1. The average Bonchev–Trinajstić information content (AvgIpc) is 2.52. The SMILES string of the molecule is Cc1ccsc1C=N/N=C(\N)NO. The fraction of sp³-hybridized carbons (Fsp3) is 0.143. The van der Waals surface area contributed by atoms with Crippen LogP contribution in [-0.2, 0) is 0 Å². The van der Waals surface area contributed by atoms with Crippen molar-refractivity contribution in [2.75, 3.05) is 0 Å². The molecule has 1 aromatic rings. The number of nitrogens with zero attached hydrogens (tertiary/aromatic N) is 2. The van der Waals surface area contributed by atoms with Gasteiger partial charge in [-0.05, 0) is 23.9 Å². The molecule has 4 N–H and O–H groups in total. The standard InChI is InChI=1S/C7H10N4OS/c1-5-2-3-13-6(5)4-9-10-7(8)11-12/h2-4,12H,1H3,(H3,8,10,11). The lowest BCUT2D eigenvalue weighted by Gasteiger charge is -1.90. The Balaban J connectivity index is 2.64. The minimum atomic E-state index is -0.134. The second-order valence-electron chi connectivity index (χ2n) is 2.31. The monoisotopic (exact) mass is 198 g/mol. The highest BCUT2D eigenvalue weighted by molar-refractivity contribution is 7.11. The number of nitrogens with two attached hydrogens (primary N) is 1. The molecule has 1 heterocycles. The van der Waals surface area contributed by atoms with Gasteiger partial charge in [0.05, 0.1) is 11.1 Å². The van der Waals surface area contributed by atoms with E-state index in [0.29, 0.717) is 0 Å². The van der Waals surface area contributed by atoms with Gasteiger partial charge in [-0.2, -0.15) is 5.10 Å². The molecule has 6 heteroatoms. The summed E-state index contributed by atoms with van der Waals surface area (Å²) in [6.07, 6.45) is 1.59. The molecule has 5 nitrogen and oxygen atoms in total. The number of nitrogens with one attached hydrogen (secondary N) is 1. The van der Waals surface area contributed by atoms with E-state index < -0.39 is 0 Å². The molecule has 0 bridgehead atoms. The first-order valence-electron chi connectivity index (χ1n) is 3.54. The lowest BCUT2D eigenvalue weighted by molar-refractivity contribution is 0.232. The van der Waals surface area contributed by atoms with Gasteiger partial charge >= 0.3 is 0 Å². The van der Waals surface area contributed by atoms with Gasteiger partial charge in [0.25, 0.3) is 0 Å². The summed E-state index contributed by atoms with van der Waals surface area (Å²) in [6.45, 7) is 1.98. The molecule has 0 saturated heterocycles. The van der Waals surface area contributed by atoms with Crippen molar-refractivity contribution in [2.24, 2.45) is 15.9 Å². The Morgan fingerprint density at radius 1 is 1.77 bits per heavy atom. The number of hydrogen-bond acceptors (Lipinski definition) is 4. The zero-order valence-electron chi connectivity index (χ0n) is 7.06. The molecule has 13 heavy (non-hydrogen) atoms. The Morgan fingerprint density at radius 3 is 3.08 bits per heavy atom. The van der Waals surface area contributed by atoms with E-state index in [9.17, 15) is 0 Å². The molecule has 1 aromatic heterocycles. The van der Waals surface area contributed by atoms with Crippen LogP contribution < -0.4 is 11.2 Å². The van der Waals surface area contributed by atoms with Crippen molar-refractivity contribution in [2.45, 2.75) is 6.92 Å². The van der Waals surface area contributed by atoms with E-state index in [1.54, 1.807) is 23.0 Å². The second kappa shape index (κ2) is 4.58. The number of thiophene rings is 1. The van der Waals surface area contributed by atoms with Crippen molar-refractivity contribution >= 4 is 23.5 Å². The quantitative estimate of drug-likeness (QED) is 0.371. The third-order valence-electron chi connectivity index (χ3n) is 1.36. The van der Waals surface area contributed by atoms with Crippen molar-refractivity contribution < 1.29 is 5.21 Å². The van der Waals surface area contributed by atoms with Gasteiger partial charge in [-0.25, -0.2) is 5.48 Å². The summed E-state index contributed by atoms with van der Waals surface area (Å²) < 4.78 is 0. The molecule has 0 aliphatic heterocycles. The lowest BCUT2D eigenvalue weighted by atomic mass is 10.3. The summed E-state index contributed by atoms with van der Waals surface area (Å²) in [6, 6.07) is 1.99. The summed E-state index contributed by atoms with van der Waals surface area (Å²) in [5.41, 5.74) is 7.94. The largest absolute Gasteiger partial charge is 0.367 e. The minimum Gasteiger partial charge on any atom is -0.367 e. The van der Waals surface area contributed by atoms with Gasteiger partial charge in [0.1, 0.15) is 0 Å². The fourth-order valence-corrected chi connectivity index (χ4v) is 1.46. The summed E-state index contributed by atoms with van der Waals surface area (Å²) in [7, 11) is 0. The first-order chi connectivity index (χ1) is 6.24. The molecule has 0 atom stereocenters. The average molecular weight is 198 g/mol. The topological polar surface area (TPSA) is 83.0 Å². The van der Waals surface area contributed by atoms with Gasteiger partial charge in [0.15, 0.2) is 0 Å². The predicted molar refractivity (Wildman–Crippen MR) is 53.2 cm³/mol. The highest BCUT2D eigenvalue weighted by atomic mass is 32.1. The molecule has 0 aliphatic rings. The van der Waals surface area contributed by atoms with E-state index in [-0.39, 0.29) is 5.96 Å². The van der Waals surface area contributed by atoms with Crippen LogP contribution in [0.3, 0.4) is 0 Å². The zero-order valence-corrected chi connectivity index (χ0v) is 7.88. The van der Waals surface area contributed by atoms with Crippen molar-refractivity contribution in [3.63, 3.8) is 0 Å². The normalized spacial score (nSPS) is 12.3. The van der Waals surface area contributed by atoms with E-state index in [1.807, 2.05) is 18.4 Å². The van der Waals surface area contributed by atoms with Gasteiger partial charge in [0, 0.05) is 0 Å². The van der Waals surface area contributed by atoms with E-state index in [1.165, 1.54) is 0 Å². The number of hydrogen-bond donors (Lipinski definition) is 3. The van der Waals surface area contributed by atoms with Crippen LogP contribution in [0.5, 0.6) is 0 Å². The molecular formula is C7H10N4OS. The van der Waals surface area contributed by atoms with Crippen molar-refractivity contribution in [1.29, 1.82) is 0 Å². The van der Waals surface area contributed by atoms with Crippen LogP contribution in [0.4, 0.5) is 0 Å². The molecule has 0 saturated carbocycles. The number of rotatable bonds is 2. The maximum atomic E-state index is 8.27. The Labute approximate surface area is 79.6 Å². The highest BCUT2D eigenvalue weighted by Crippen LogP contribution is 2.12. The molecule has 1 rings (SSSR count). The summed E-state index contributed by atoms with van der Waals surface area (Å²) in [5, 5.41) is 17.4. The van der Waals surface area contributed by atoms with Crippen LogP contribution in [0, 0.1) is 6.92 Å². The Morgan fingerprint density at radius 2 is 2.54 bits per heavy atom. The van der Waals surface area contributed by atoms with Crippen molar-refractivity contribution in [3.05, 3.63) is 21.9 Å². The fourth-order valence-electron chi connectivity index (χ4n) is 0.683. The molecule has 70 valence electrons. The van der Waals surface area contributed by atoms with E-state index >= 15 is 0 Å². The molecule has 0 spiro atoms. The van der Waals surface area contributed by atoms with Gasteiger partial charge in [0.2, 0.25) is 5.96 Å². The van der Waals surface area contributed by atoms with Crippen molar-refractivity contribution in [1.82, 2.24) is 5.48 Å². The smallest absolute Gasteiger partial charge is 0.237 e. The van der Waals surface area contributed by atoms with Crippen LogP contribution in [0.15, 0.2) is 21.6 Å². The number of hydroxylamine groups is 1. The third-order valence-corrected chi connectivity index (χ3v) is 2.31. The highest BCUT2D eigenvalue weighted by Gasteiger charge is 1.93. The molecular weight excluding hydrogens is 188 g/mol. The maximum absolute atomic E-state index is 8.27. The zero-order chi connectivity index (χ0) is 9.68. The third kappa shape index (κ3) is 2.85. The minimum absolute atomic E-state index is 0.134. The molecule has 0 amide bonds. The van der Waals surface area contributed by atoms with Crippen LogP contribution in [0.2, 0.25) is 0 Å². The van der Waals surface area contributed by atoms with Gasteiger partial charge in [-0.3, -0.25) is 5.21 Å². The van der Waals surface area contributed by atoms with Gasteiger partial charge in [-0.1, -0.05) is 0 Å². The summed E-state index contributed by atoms with van der Waals surface area (Å²) in [4.78, 5) is 1.02. The number of guanidine groups is 1. The van der Waals surface area contributed by atoms with Gasteiger partial charge < -0.3 is 5.73 Å². The van der Waals surface area contributed by atoms with E-state index in [2.05, 4.69) is 10.2 Å². The summed E-state index contributed by atoms with van der Waals surface area (Å²) in [5.74, 6) is -0.134. The first kappa shape index (κ1) is 9.69. The molecule has 0 aliphatic carbocycles. The van der Waals surface area contributed by atoms with Crippen LogP contribution in [0.25, 0.3) is 0 Å². The predicted octanol–water partition coefficient (Wildman–Crippen LogP) is 0.684. The van der Waals surface area contributed by atoms with E-state index in [0.717, 1.165) is 10.4 Å². The van der Waals surface area contributed by atoms with Crippen molar-refractivity contribution in [3.8, 4) is 0 Å². The molecule has 0 aromatic carbocycles. The first-order valence-corrected chi connectivity index (χ1v) is 4.42. The van der Waals surface area contributed by atoms with Crippen LogP contribution >= 0.6 is 11.3 Å². The molecule has 0 fully saturated rings. The molecule has 0 unspecified atom stereocenters. The Hall–Kier alpha value is -1.40. The lowest BCUT2D eigenvalue weighted by Crippen LogP contribution is -2.27. The van der Waals surface area contributed by atoms with Crippen LogP contribution in [-0.4, -0.2) is 17.4 Å². The summed E-state index contributed by atoms with van der Waals surface area (Å²) >= 11 is 1.57. The van der Waals surface area contributed by atoms with Crippen LogP contribution in [0.1, 0.15) is 10.4 Å².